The standard InChI is InChI=1S/C6H6Cl4O2/c1-2-6(9,10)4(8)3(7)5(11)12/h2H2,1H3,(H,11,12). The van der Waals surface area contributed by atoms with Gasteiger partial charge in [0.25, 0.3) is 0 Å². The normalized spacial score (nSPS) is 14.1. The fourth-order valence-electron chi connectivity index (χ4n) is 0.410. The van der Waals surface area contributed by atoms with Crippen LogP contribution in [-0.4, -0.2) is 15.4 Å². The van der Waals surface area contributed by atoms with Crippen LogP contribution in [0.3, 0.4) is 0 Å². The first-order valence-electron chi connectivity index (χ1n) is 2.99. The van der Waals surface area contributed by atoms with Crippen LogP contribution in [0.5, 0.6) is 0 Å². The van der Waals surface area contributed by atoms with Gasteiger partial charge in [-0.25, -0.2) is 4.79 Å². The third kappa shape index (κ3) is 3.02. The third-order valence-corrected chi connectivity index (χ3v) is 3.21. The van der Waals surface area contributed by atoms with E-state index in [9.17, 15) is 4.79 Å². The third-order valence-electron chi connectivity index (χ3n) is 1.15. The lowest BCUT2D eigenvalue weighted by Gasteiger charge is -2.16. The Morgan fingerprint density at radius 3 is 2.08 bits per heavy atom. The van der Waals surface area contributed by atoms with Crippen molar-refractivity contribution >= 4 is 52.4 Å². The van der Waals surface area contributed by atoms with Gasteiger partial charge in [0.2, 0.25) is 0 Å². The molecule has 0 amide bonds. The SMILES string of the molecule is CCC(Cl)(Cl)C(Cl)=C(Cl)C(=O)O. The maximum Gasteiger partial charge on any atom is 0.348 e. The molecule has 0 bridgehead atoms. The molecule has 0 heterocycles. The maximum absolute atomic E-state index is 10.3. The number of hydrogen-bond donors (Lipinski definition) is 1. The van der Waals surface area contributed by atoms with Crippen LogP contribution in [-0.2, 0) is 4.79 Å². The Balaban J connectivity index is 4.90. The average Bonchev–Trinajstić information content (AvgIpc) is 2.01. The number of hydrogen-bond acceptors (Lipinski definition) is 1. The highest BCUT2D eigenvalue weighted by molar-refractivity contribution is 6.59. The summed E-state index contributed by atoms with van der Waals surface area (Å²) in [6, 6.07) is 0. The summed E-state index contributed by atoms with van der Waals surface area (Å²) in [6.45, 7) is 1.66. The minimum Gasteiger partial charge on any atom is -0.477 e. The highest BCUT2D eigenvalue weighted by atomic mass is 35.5. The predicted molar refractivity (Wildman–Crippen MR) is 51.1 cm³/mol. The van der Waals surface area contributed by atoms with Crippen LogP contribution in [0.1, 0.15) is 13.3 Å². The van der Waals surface area contributed by atoms with Crippen molar-refractivity contribution < 1.29 is 9.90 Å². The highest BCUT2D eigenvalue weighted by Gasteiger charge is 2.30. The second-order valence-corrected chi connectivity index (χ2v) is 4.23. The molecule has 0 atom stereocenters. The zero-order chi connectivity index (χ0) is 9.94. The first kappa shape index (κ1) is 12.4. The number of carboxylic acids is 1. The van der Waals surface area contributed by atoms with Crippen LogP contribution in [0.15, 0.2) is 10.1 Å². The van der Waals surface area contributed by atoms with Crippen molar-refractivity contribution in [2.45, 2.75) is 17.7 Å². The number of aliphatic carboxylic acids is 1. The van der Waals surface area contributed by atoms with Crippen molar-refractivity contribution in [1.29, 1.82) is 0 Å². The maximum atomic E-state index is 10.3. The molecule has 0 aromatic heterocycles. The molecule has 0 rings (SSSR count). The fraction of sp³-hybridized carbons (Fsp3) is 0.500. The number of allylic oxidation sites excluding steroid dienone is 1. The lowest BCUT2D eigenvalue weighted by Crippen LogP contribution is -2.14. The van der Waals surface area contributed by atoms with Gasteiger partial charge in [0.05, 0.1) is 5.03 Å². The number of halogens is 4. The van der Waals surface area contributed by atoms with Crippen LogP contribution < -0.4 is 0 Å². The molecule has 0 aliphatic heterocycles. The molecule has 0 aliphatic rings. The molecule has 0 saturated heterocycles. The van der Waals surface area contributed by atoms with Gasteiger partial charge >= 0.3 is 5.97 Å². The molecule has 0 spiro atoms. The van der Waals surface area contributed by atoms with E-state index in [1.807, 2.05) is 0 Å². The number of carboxylic acid groups (broad SMARTS) is 1. The van der Waals surface area contributed by atoms with Gasteiger partial charge < -0.3 is 5.11 Å². The molecule has 2 nitrogen and oxygen atoms in total. The van der Waals surface area contributed by atoms with Gasteiger partial charge in [-0.1, -0.05) is 53.3 Å². The van der Waals surface area contributed by atoms with E-state index in [2.05, 4.69) is 0 Å². The summed E-state index contributed by atoms with van der Waals surface area (Å²) < 4.78 is -1.42. The van der Waals surface area contributed by atoms with Crippen molar-refractivity contribution in [2.24, 2.45) is 0 Å². The smallest absolute Gasteiger partial charge is 0.348 e. The molecule has 0 fully saturated rings. The van der Waals surface area contributed by atoms with Crippen molar-refractivity contribution in [3.8, 4) is 0 Å². The van der Waals surface area contributed by atoms with Crippen molar-refractivity contribution in [3.63, 3.8) is 0 Å². The summed E-state index contributed by atoms with van der Waals surface area (Å²) in [5, 5.41) is 7.61. The Morgan fingerprint density at radius 1 is 1.42 bits per heavy atom. The Hall–Kier alpha value is 0.370. The van der Waals surface area contributed by atoms with Gasteiger partial charge in [0.1, 0.15) is 5.03 Å². The summed E-state index contributed by atoms with van der Waals surface area (Å²) in [4.78, 5) is 10.3. The van der Waals surface area contributed by atoms with E-state index in [1.165, 1.54) is 0 Å². The largest absolute Gasteiger partial charge is 0.477 e. The molecule has 6 heteroatoms. The molecule has 0 unspecified atom stereocenters. The van der Waals surface area contributed by atoms with E-state index in [0.29, 0.717) is 0 Å². The monoisotopic (exact) mass is 250 g/mol. The molecule has 0 aliphatic carbocycles. The topological polar surface area (TPSA) is 37.3 Å². The van der Waals surface area contributed by atoms with Gasteiger partial charge in [-0.15, -0.1) is 0 Å². The number of rotatable bonds is 3. The second-order valence-electron chi connectivity index (χ2n) is 1.99. The van der Waals surface area contributed by atoms with Gasteiger partial charge in [-0.2, -0.15) is 0 Å². The summed E-state index contributed by atoms with van der Waals surface area (Å²) in [6.07, 6.45) is 0.276. The molecule has 0 radical (unpaired) electrons. The van der Waals surface area contributed by atoms with Gasteiger partial charge in [-0.05, 0) is 6.42 Å². The molecular weight excluding hydrogens is 246 g/mol. The molecule has 70 valence electrons. The van der Waals surface area contributed by atoms with Crippen molar-refractivity contribution in [2.75, 3.05) is 0 Å². The van der Waals surface area contributed by atoms with E-state index in [4.69, 9.17) is 51.5 Å². The Bertz CT molecular complexity index is 222. The lowest BCUT2D eigenvalue weighted by atomic mass is 10.3. The minimum atomic E-state index is -1.42. The first-order valence-corrected chi connectivity index (χ1v) is 4.51. The molecule has 0 aromatic carbocycles. The fourth-order valence-corrected chi connectivity index (χ4v) is 1.07. The summed E-state index contributed by atoms with van der Waals surface area (Å²) >= 11 is 22.1. The average molecular weight is 252 g/mol. The number of carbonyl (C=O) groups is 1. The summed E-state index contributed by atoms with van der Waals surface area (Å²) in [5.74, 6) is -1.35. The van der Waals surface area contributed by atoms with Crippen LogP contribution in [0.25, 0.3) is 0 Å². The summed E-state index contributed by atoms with van der Waals surface area (Å²) in [7, 11) is 0. The zero-order valence-electron chi connectivity index (χ0n) is 6.07. The molecule has 1 N–H and O–H groups in total. The molecule has 12 heavy (non-hydrogen) atoms. The first-order chi connectivity index (χ1) is 5.33. The van der Waals surface area contributed by atoms with E-state index in [1.54, 1.807) is 6.92 Å². The van der Waals surface area contributed by atoms with Crippen LogP contribution in [0.2, 0.25) is 0 Å². The van der Waals surface area contributed by atoms with Crippen LogP contribution >= 0.6 is 46.4 Å². The van der Waals surface area contributed by atoms with Crippen LogP contribution in [0, 0.1) is 0 Å². The molecule has 0 aromatic rings. The predicted octanol–water partition coefficient (Wildman–Crippen LogP) is 3.34. The minimum absolute atomic E-state index is 0.262. The second kappa shape index (κ2) is 4.56. The van der Waals surface area contributed by atoms with Gasteiger partial charge in [-0.3, -0.25) is 0 Å². The molecule has 0 saturated carbocycles. The van der Waals surface area contributed by atoms with E-state index in [0.717, 1.165) is 0 Å². The Labute approximate surface area is 90.0 Å². The lowest BCUT2D eigenvalue weighted by molar-refractivity contribution is -0.131. The van der Waals surface area contributed by atoms with E-state index < -0.39 is 15.3 Å². The van der Waals surface area contributed by atoms with Crippen molar-refractivity contribution in [1.82, 2.24) is 0 Å². The highest BCUT2D eigenvalue weighted by Crippen LogP contribution is 2.38. The van der Waals surface area contributed by atoms with Gasteiger partial charge in [0, 0.05) is 0 Å². The Kier molecular flexibility index (Phi) is 4.70. The van der Waals surface area contributed by atoms with E-state index in [-0.39, 0.29) is 11.5 Å². The number of alkyl halides is 2. The molecular formula is C6H6Cl4O2. The quantitative estimate of drug-likeness (QED) is 0.617. The summed E-state index contributed by atoms with van der Waals surface area (Å²) in [5.41, 5.74) is 0. The van der Waals surface area contributed by atoms with Gasteiger partial charge in [0.15, 0.2) is 4.33 Å². The zero-order valence-corrected chi connectivity index (χ0v) is 9.10. The van der Waals surface area contributed by atoms with E-state index >= 15 is 0 Å². The van der Waals surface area contributed by atoms with Crippen LogP contribution in [0.4, 0.5) is 0 Å². The Morgan fingerprint density at radius 2 is 1.83 bits per heavy atom. The van der Waals surface area contributed by atoms with Crippen molar-refractivity contribution in [3.05, 3.63) is 10.1 Å².